The van der Waals surface area contributed by atoms with Crippen molar-refractivity contribution in [1.82, 2.24) is 10.6 Å². The van der Waals surface area contributed by atoms with Crippen LogP contribution in [0.4, 0.5) is 14.5 Å². The van der Waals surface area contributed by atoms with Gasteiger partial charge < -0.3 is 25.0 Å². The molecule has 10 heteroatoms. The Labute approximate surface area is 203 Å². The average molecular weight is 560 g/mol. The van der Waals surface area contributed by atoms with E-state index in [0.717, 1.165) is 24.2 Å². The van der Waals surface area contributed by atoms with Crippen LogP contribution in [0, 0.1) is 0 Å². The highest BCUT2D eigenvalue weighted by atomic mass is 127. The van der Waals surface area contributed by atoms with Gasteiger partial charge in [-0.15, -0.1) is 24.0 Å². The zero-order valence-corrected chi connectivity index (χ0v) is 20.3. The average Bonchev–Trinajstić information content (AvgIpc) is 3.20. The number of halogens is 3. The summed E-state index contributed by atoms with van der Waals surface area (Å²) >= 11 is 0. The number of hydrogen-bond donors (Lipinski definition) is 2. The van der Waals surface area contributed by atoms with Crippen molar-refractivity contribution in [2.24, 2.45) is 4.99 Å². The number of nitrogens with zero attached hydrogens (tertiary/aromatic N) is 2. The SMILES string of the molecule is CN=C(NCc1ccc(N2CCCC2=O)cc1)NCc1ccc(OC)cc1OC(F)F.I. The lowest BCUT2D eigenvalue weighted by atomic mass is 10.2. The second-order valence-electron chi connectivity index (χ2n) is 6.95. The van der Waals surface area contributed by atoms with E-state index in [4.69, 9.17) is 4.74 Å². The van der Waals surface area contributed by atoms with E-state index < -0.39 is 6.61 Å². The predicted octanol–water partition coefficient (Wildman–Crippen LogP) is 3.91. The van der Waals surface area contributed by atoms with Gasteiger partial charge in [0.2, 0.25) is 5.91 Å². The highest BCUT2D eigenvalue weighted by Crippen LogP contribution is 2.26. The number of hydrogen-bond acceptors (Lipinski definition) is 4. The summed E-state index contributed by atoms with van der Waals surface area (Å²) in [4.78, 5) is 17.8. The molecule has 0 spiro atoms. The second kappa shape index (κ2) is 12.4. The Bertz CT molecular complexity index is 926. The van der Waals surface area contributed by atoms with Gasteiger partial charge in [-0.3, -0.25) is 9.79 Å². The Morgan fingerprint density at radius 3 is 2.47 bits per heavy atom. The molecule has 0 radical (unpaired) electrons. The highest BCUT2D eigenvalue weighted by Gasteiger charge is 2.21. The van der Waals surface area contributed by atoms with Crippen molar-refractivity contribution < 1.29 is 23.0 Å². The van der Waals surface area contributed by atoms with Crippen molar-refractivity contribution in [1.29, 1.82) is 0 Å². The molecule has 174 valence electrons. The molecule has 1 aliphatic rings. The monoisotopic (exact) mass is 560 g/mol. The predicted molar refractivity (Wildman–Crippen MR) is 130 cm³/mol. The number of aliphatic imine (C=N–C) groups is 1. The number of nitrogens with one attached hydrogen (secondary N) is 2. The molecule has 1 heterocycles. The molecule has 1 aliphatic heterocycles. The molecule has 0 aromatic heterocycles. The van der Waals surface area contributed by atoms with Crippen LogP contribution in [0.15, 0.2) is 47.5 Å². The van der Waals surface area contributed by atoms with Gasteiger partial charge in [0.25, 0.3) is 0 Å². The van der Waals surface area contributed by atoms with Gasteiger partial charge >= 0.3 is 6.61 Å². The van der Waals surface area contributed by atoms with Crippen molar-refractivity contribution in [2.75, 3.05) is 25.6 Å². The summed E-state index contributed by atoms with van der Waals surface area (Å²) in [6.45, 7) is -1.42. The lowest BCUT2D eigenvalue weighted by Crippen LogP contribution is -2.36. The number of anilines is 1. The van der Waals surface area contributed by atoms with Crippen LogP contribution in [0.3, 0.4) is 0 Å². The summed E-state index contributed by atoms with van der Waals surface area (Å²) < 4.78 is 35.1. The second-order valence-corrected chi connectivity index (χ2v) is 6.95. The number of alkyl halides is 2. The third-order valence-corrected chi connectivity index (χ3v) is 4.94. The smallest absolute Gasteiger partial charge is 0.387 e. The van der Waals surface area contributed by atoms with Gasteiger partial charge in [0, 0.05) is 50.4 Å². The summed E-state index contributed by atoms with van der Waals surface area (Å²) in [5.41, 5.74) is 2.47. The first-order valence-electron chi connectivity index (χ1n) is 9.95. The topological polar surface area (TPSA) is 75.2 Å². The third kappa shape index (κ3) is 6.94. The lowest BCUT2D eigenvalue weighted by Gasteiger charge is -2.17. The zero-order valence-electron chi connectivity index (χ0n) is 17.9. The summed E-state index contributed by atoms with van der Waals surface area (Å²) in [7, 11) is 3.09. The van der Waals surface area contributed by atoms with E-state index in [0.29, 0.717) is 30.2 Å². The maximum Gasteiger partial charge on any atom is 0.387 e. The molecule has 3 rings (SSSR count). The molecular weight excluding hydrogens is 533 g/mol. The van der Waals surface area contributed by atoms with Gasteiger partial charge in [0.05, 0.1) is 7.11 Å². The number of ether oxygens (including phenoxy) is 2. The molecule has 1 amide bonds. The molecule has 1 saturated heterocycles. The first-order valence-corrected chi connectivity index (χ1v) is 9.95. The van der Waals surface area contributed by atoms with Gasteiger partial charge in [-0.1, -0.05) is 12.1 Å². The summed E-state index contributed by atoms with van der Waals surface area (Å²) in [6, 6.07) is 12.5. The van der Waals surface area contributed by atoms with Gasteiger partial charge in [-0.2, -0.15) is 8.78 Å². The molecule has 0 bridgehead atoms. The van der Waals surface area contributed by atoms with Crippen LogP contribution in [0.1, 0.15) is 24.0 Å². The van der Waals surface area contributed by atoms with Crippen LogP contribution in [-0.2, 0) is 17.9 Å². The van der Waals surface area contributed by atoms with Crippen molar-refractivity contribution in [3.63, 3.8) is 0 Å². The quantitative estimate of drug-likeness (QED) is 0.291. The van der Waals surface area contributed by atoms with Crippen molar-refractivity contribution in [3.05, 3.63) is 53.6 Å². The maximum absolute atomic E-state index is 12.7. The molecule has 1 fully saturated rings. The molecule has 0 unspecified atom stereocenters. The minimum Gasteiger partial charge on any atom is -0.497 e. The number of amides is 1. The van der Waals surface area contributed by atoms with Crippen LogP contribution < -0.4 is 25.0 Å². The number of benzene rings is 2. The summed E-state index contributed by atoms with van der Waals surface area (Å²) in [6.07, 6.45) is 1.49. The Hall–Kier alpha value is -2.63. The van der Waals surface area contributed by atoms with Gasteiger partial charge in [0.1, 0.15) is 11.5 Å². The number of rotatable bonds is 8. The fraction of sp³-hybridized carbons (Fsp3) is 0.364. The molecule has 0 saturated carbocycles. The normalized spacial score (nSPS) is 13.7. The highest BCUT2D eigenvalue weighted by molar-refractivity contribution is 14.0. The lowest BCUT2D eigenvalue weighted by molar-refractivity contribution is -0.117. The fourth-order valence-electron chi connectivity index (χ4n) is 3.31. The molecule has 2 N–H and O–H groups in total. The summed E-state index contributed by atoms with van der Waals surface area (Å²) in [5.74, 6) is 1.15. The van der Waals surface area contributed by atoms with E-state index in [1.54, 1.807) is 24.1 Å². The molecule has 2 aromatic rings. The van der Waals surface area contributed by atoms with Crippen molar-refractivity contribution in [3.8, 4) is 11.5 Å². The largest absolute Gasteiger partial charge is 0.497 e. The van der Waals surface area contributed by atoms with Gasteiger partial charge in [-0.05, 0) is 36.2 Å². The van der Waals surface area contributed by atoms with Crippen LogP contribution >= 0.6 is 24.0 Å². The number of carbonyl (C=O) groups is 1. The Kier molecular flexibility index (Phi) is 9.95. The fourth-order valence-corrected chi connectivity index (χ4v) is 3.31. The molecule has 2 aromatic carbocycles. The molecule has 32 heavy (non-hydrogen) atoms. The van der Waals surface area contributed by atoms with Crippen LogP contribution in [0.5, 0.6) is 11.5 Å². The van der Waals surface area contributed by atoms with E-state index in [2.05, 4.69) is 20.4 Å². The molecular formula is C22H27F2IN4O3. The van der Waals surface area contributed by atoms with Crippen LogP contribution in [0.25, 0.3) is 0 Å². The first-order chi connectivity index (χ1) is 15.0. The Morgan fingerprint density at radius 2 is 1.88 bits per heavy atom. The van der Waals surface area contributed by atoms with E-state index in [-0.39, 0.29) is 42.2 Å². The number of methoxy groups -OCH3 is 1. The third-order valence-electron chi connectivity index (χ3n) is 4.94. The van der Waals surface area contributed by atoms with E-state index in [1.807, 2.05) is 24.3 Å². The van der Waals surface area contributed by atoms with Crippen molar-refractivity contribution in [2.45, 2.75) is 32.5 Å². The zero-order chi connectivity index (χ0) is 22.2. The standard InChI is InChI=1S/C22H26F2N4O3.HI/c1-25-22(27-14-16-7-10-18(30-2)12-19(16)31-21(23)24)26-13-15-5-8-17(9-6-15)28-11-3-4-20(28)29;/h5-10,12,21H,3-4,11,13-14H2,1-2H3,(H2,25,26,27);1H. The Balaban J connectivity index is 0.00000363. The molecule has 7 nitrogen and oxygen atoms in total. The number of carbonyl (C=O) groups excluding carboxylic acids is 1. The van der Waals surface area contributed by atoms with Crippen LogP contribution in [0.2, 0.25) is 0 Å². The minimum absolute atomic E-state index is 0. The van der Waals surface area contributed by atoms with Gasteiger partial charge in [0.15, 0.2) is 5.96 Å². The summed E-state index contributed by atoms with van der Waals surface area (Å²) in [5, 5.41) is 6.27. The van der Waals surface area contributed by atoms with Crippen LogP contribution in [-0.4, -0.2) is 39.2 Å². The van der Waals surface area contributed by atoms with E-state index in [1.165, 1.54) is 13.2 Å². The van der Waals surface area contributed by atoms with E-state index in [9.17, 15) is 13.6 Å². The van der Waals surface area contributed by atoms with E-state index >= 15 is 0 Å². The van der Waals surface area contributed by atoms with Crippen molar-refractivity contribution >= 4 is 41.5 Å². The first kappa shape index (κ1) is 25.6. The maximum atomic E-state index is 12.7. The molecule has 0 atom stereocenters. The van der Waals surface area contributed by atoms with Gasteiger partial charge in [-0.25, -0.2) is 0 Å². The Morgan fingerprint density at radius 1 is 1.16 bits per heavy atom. The minimum atomic E-state index is -2.93. The number of guanidine groups is 1. The molecule has 0 aliphatic carbocycles.